The largest absolute Gasteiger partial charge is 0.458 e. The maximum Gasteiger partial charge on any atom is 0.309 e. The zero-order valence-corrected chi connectivity index (χ0v) is 23.3. The number of thiazole rings is 1. The lowest BCUT2D eigenvalue weighted by atomic mass is 9.73. The lowest BCUT2D eigenvalue weighted by Crippen LogP contribution is -2.46. The van der Waals surface area contributed by atoms with Crippen molar-refractivity contribution < 1.29 is 29.6 Å². The van der Waals surface area contributed by atoms with E-state index in [2.05, 4.69) is 15.0 Å². The number of nitrogens with zero attached hydrogens (tertiary/aromatic N) is 4. The van der Waals surface area contributed by atoms with E-state index < -0.39 is 54.2 Å². The van der Waals surface area contributed by atoms with E-state index in [0.29, 0.717) is 30.5 Å². The van der Waals surface area contributed by atoms with E-state index in [1.165, 1.54) is 11.3 Å². The summed E-state index contributed by atoms with van der Waals surface area (Å²) in [5, 5.41) is 39.1. The second kappa shape index (κ2) is 13.5. The lowest BCUT2D eigenvalue weighted by molar-refractivity contribution is -0.155. The van der Waals surface area contributed by atoms with Crippen molar-refractivity contribution in [2.24, 2.45) is 22.4 Å². The van der Waals surface area contributed by atoms with Crippen LogP contribution in [0.15, 0.2) is 16.1 Å². The Bertz CT molecular complexity index is 1020. The average molecular weight is 537 g/mol. The number of rotatable bonds is 3. The summed E-state index contributed by atoms with van der Waals surface area (Å²) in [6, 6.07) is -0.763. The van der Waals surface area contributed by atoms with Gasteiger partial charge in [0.1, 0.15) is 11.9 Å². The molecule has 1 aliphatic heterocycles. The molecule has 0 aliphatic carbocycles. The van der Waals surface area contributed by atoms with Crippen LogP contribution in [0.3, 0.4) is 0 Å². The number of Topliss-reactive ketones (excluding diaryl/α,β-unsaturated/α-hetero) is 1. The molecule has 1 aliphatic rings. The van der Waals surface area contributed by atoms with Crippen LogP contribution in [-0.4, -0.2) is 62.5 Å². The van der Waals surface area contributed by atoms with Crippen molar-refractivity contribution in [3.63, 3.8) is 0 Å². The fourth-order valence-electron chi connectivity index (χ4n) is 4.71. The Kier molecular flexibility index (Phi) is 11.3. The SMILES string of the molecule is C/C(=C\c1csc(C)n1)[C@@H]1CC(O)[C@H](N=[N+]=[N-])CCCC(C)[C@H](O)C(C)C(=O)C(C)(C)C(O)CC(=O)O1. The molecule has 2 heterocycles. The Balaban J connectivity index is 2.41. The van der Waals surface area contributed by atoms with Gasteiger partial charge in [0.05, 0.1) is 46.9 Å². The van der Waals surface area contributed by atoms with Gasteiger partial charge in [-0.3, -0.25) is 9.59 Å². The Morgan fingerprint density at radius 2 is 1.95 bits per heavy atom. The molecule has 10 nitrogen and oxygen atoms in total. The number of hydrogen-bond acceptors (Lipinski definition) is 9. The molecule has 1 saturated heterocycles. The second-order valence-corrected chi connectivity index (χ2v) is 11.8. The molecule has 2 rings (SSSR count). The highest BCUT2D eigenvalue weighted by atomic mass is 32.1. The molecule has 11 heteroatoms. The number of ketones is 1. The average Bonchev–Trinajstić information content (AvgIpc) is 3.24. The molecule has 0 radical (unpaired) electrons. The van der Waals surface area contributed by atoms with Gasteiger partial charge in [0.2, 0.25) is 0 Å². The minimum Gasteiger partial charge on any atom is -0.458 e. The molecule has 0 saturated carbocycles. The summed E-state index contributed by atoms with van der Waals surface area (Å²) in [6.07, 6.45) is -1.47. The van der Waals surface area contributed by atoms with E-state index in [-0.39, 0.29) is 18.1 Å². The van der Waals surface area contributed by atoms with Gasteiger partial charge < -0.3 is 20.1 Å². The number of azide groups is 1. The highest BCUT2D eigenvalue weighted by Crippen LogP contribution is 2.33. The van der Waals surface area contributed by atoms with Gasteiger partial charge in [0.25, 0.3) is 0 Å². The summed E-state index contributed by atoms with van der Waals surface area (Å²) in [5.41, 5.74) is 9.10. The maximum atomic E-state index is 13.2. The molecule has 206 valence electrons. The van der Waals surface area contributed by atoms with Gasteiger partial charge in [-0.25, -0.2) is 4.98 Å². The molecule has 1 aromatic heterocycles. The lowest BCUT2D eigenvalue weighted by Gasteiger charge is -2.35. The monoisotopic (exact) mass is 536 g/mol. The number of ether oxygens (including phenoxy) is 1. The van der Waals surface area contributed by atoms with Crippen molar-refractivity contribution in [1.82, 2.24) is 4.98 Å². The first kappa shape index (κ1) is 30.9. The Morgan fingerprint density at radius 3 is 2.54 bits per heavy atom. The predicted octanol–water partition coefficient (Wildman–Crippen LogP) is 4.36. The molecule has 0 bridgehead atoms. The fourth-order valence-corrected chi connectivity index (χ4v) is 5.28. The summed E-state index contributed by atoms with van der Waals surface area (Å²) < 4.78 is 5.71. The number of carbonyl (C=O) groups excluding carboxylic acids is 2. The van der Waals surface area contributed by atoms with Crippen molar-refractivity contribution in [3.8, 4) is 0 Å². The fraction of sp³-hybridized carbons (Fsp3) is 0.731. The van der Waals surface area contributed by atoms with Crippen LogP contribution in [0.25, 0.3) is 16.5 Å². The van der Waals surface area contributed by atoms with E-state index in [9.17, 15) is 24.9 Å². The van der Waals surface area contributed by atoms with Gasteiger partial charge in [-0.2, -0.15) is 0 Å². The number of hydrogen-bond donors (Lipinski definition) is 3. The van der Waals surface area contributed by atoms with Crippen molar-refractivity contribution in [3.05, 3.63) is 32.1 Å². The van der Waals surface area contributed by atoms with Gasteiger partial charge >= 0.3 is 5.97 Å². The Morgan fingerprint density at radius 1 is 1.27 bits per heavy atom. The number of cyclic esters (lactones) is 1. The Labute approximate surface area is 222 Å². The highest BCUT2D eigenvalue weighted by Gasteiger charge is 2.42. The molecular formula is C26H40N4O6S. The Hall–Kier alpha value is -2.30. The summed E-state index contributed by atoms with van der Waals surface area (Å²) in [7, 11) is 0. The predicted molar refractivity (Wildman–Crippen MR) is 142 cm³/mol. The van der Waals surface area contributed by atoms with Crippen LogP contribution in [0.4, 0.5) is 0 Å². The van der Waals surface area contributed by atoms with E-state index >= 15 is 0 Å². The quantitative estimate of drug-likeness (QED) is 0.223. The zero-order valence-electron chi connectivity index (χ0n) is 22.5. The first-order chi connectivity index (χ1) is 17.3. The van der Waals surface area contributed by atoms with Gasteiger partial charge in [0, 0.05) is 22.6 Å². The van der Waals surface area contributed by atoms with E-state index in [4.69, 9.17) is 10.3 Å². The van der Waals surface area contributed by atoms with Crippen molar-refractivity contribution in [2.45, 2.75) is 104 Å². The molecule has 1 aromatic rings. The number of aliphatic hydroxyl groups excluding tert-OH is 3. The smallest absolute Gasteiger partial charge is 0.309 e. The van der Waals surface area contributed by atoms with Crippen LogP contribution < -0.4 is 0 Å². The third kappa shape index (κ3) is 8.35. The topological polar surface area (TPSA) is 166 Å². The highest BCUT2D eigenvalue weighted by molar-refractivity contribution is 7.09. The van der Waals surface area contributed by atoms with Crippen LogP contribution in [-0.2, 0) is 14.3 Å². The molecule has 37 heavy (non-hydrogen) atoms. The molecule has 3 N–H and O–H groups in total. The molecule has 7 atom stereocenters. The first-order valence-electron chi connectivity index (χ1n) is 12.7. The second-order valence-electron chi connectivity index (χ2n) is 10.7. The van der Waals surface area contributed by atoms with Crippen LogP contribution in [0.5, 0.6) is 0 Å². The molecule has 1 fully saturated rings. The van der Waals surface area contributed by atoms with E-state index in [1.54, 1.807) is 33.8 Å². The van der Waals surface area contributed by atoms with Crippen molar-refractivity contribution >= 4 is 29.2 Å². The summed E-state index contributed by atoms with van der Waals surface area (Å²) >= 11 is 1.48. The number of esters is 1. The third-order valence-electron chi connectivity index (χ3n) is 7.39. The third-order valence-corrected chi connectivity index (χ3v) is 8.18. The molecule has 0 amide bonds. The maximum absolute atomic E-state index is 13.2. The summed E-state index contributed by atoms with van der Waals surface area (Å²) in [6.45, 7) is 10.2. The standard InChI is InChI=1S/C26H40N4O6S/c1-14-8-7-9-19(29-30-27)20(31)11-21(15(2)10-18-13-37-17(4)28-18)36-23(33)12-22(32)26(5,6)25(35)16(3)24(14)34/h10,13-14,16,19-22,24,31-32,34H,7-9,11-12H2,1-6H3/b15-10+/t14?,16?,19-,20?,21+,22?,24+/m1/s1. The number of carbonyl (C=O) groups is 2. The molecular weight excluding hydrogens is 496 g/mol. The minimum absolute atomic E-state index is 0.0193. The molecule has 0 aromatic carbocycles. The van der Waals surface area contributed by atoms with Crippen LogP contribution in [0.2, 0.25) is 0 Å². The van der Waals surface area contributed by atoms with Gasteiger partial charge in [-0.1, -0.05) is 39.2 Å². The van der Waals surface area contributed by atoms with Crippen LogP contribution in [0, 0.1) is 24.2 Å². The number of aliphatic hydroxyl groups is 3. The first-order valence-corrected chi connectivity index (χ1v) is 13.6. The number of aryl methyl sites for hydroxylation is 1. The van der Waals surface area contributed by atoms with Crippen molar-refractivity contribution in [2.75, 3.05) is 0 Å². The van der Waals surface area contributed by atoms with Gasteiger partial charge in [-0.15, -0.1) is 11.3 Å². The summed E-state index contributed by atoms with van der Waals surface area (Å²) in [5.74, 6) is -2.08. The zero-order chi connectivity index (χ0) is 27.9. The van der Waals surface area contributed by atoms with Crippen LogP contribution in [0.1, 0.15) is 77.4 Å². The molecule has 0 spiro atoms. The van der Waals surface area contributed by atoms with Gasteiger partial charge in [-0.05, 0) is 49.8 Å². The molecule has 4 unspecified atom stereocenters. The minimum atomic E-state index is -1.34. The van der Waals surface area contributed by atoms with E-state index in [1.807, 2.05) is 19.2 Å². The van der Waals surface area contributed by atoms with Crippen LogP contribution >= 0.6 is 11.3 Å². The normalized spacial score (nSPS) is 32.9. The van der Waals surface area contributed by atoms with Crippen molar-refractivity contribution in [1.29, 1.82) is 0 Å². The number of aromatic nitrogens is 1. The summed E-state index contributed by atoms with van der Waals surface area (Å²) in [4.78, 5) is 33.4. The van der Waals surface area contributed by atoms with E-state index in [0.717, 1.165) is 5.01 Å². The van der Waals surface area contributed by atoms with Gasteiger partial charge in [0.15, 0.2) is 0 Å².